The van der Waals surface area contributed by atoms with Gasteiger partial charge in [-0.25, -0.2) is 14.8 Å². The largest absolute Gasteiger partial charge is 0.451 e. The van der Waals surface area contributed by atoms with Crippen molar-refractivity contribution < 1.29 is 28.3 Å². The van der Waals surface area contributed by atoms with Crippen molar-refractivity contribution in [1.82, 2.24) is 39.1 Å². The van der Waals surface area contributed by atoms with Crippen LogP contribution in [-0.2, 0) is 32.5 Å². The number of hydrogen-bond donors (Lipinski definition) is 3. The highest BCUT2D eigenvalue weighted by Gasteiger charge is 2.36. The van der Waals surface area contributed by atoms with Crippen LogP contribution in [0, 0.1) is 11.8 Å². The Balaban J connectivity index is 0.811. The monoisotopic (exact) mass is 878 g/mol. The smallest absolute Gasteiger partial charge is 0.329 e. The molecule has 4 atom stereocenters. The number of imide groups is 1. The average molecular weight is 879 g/mol. The number of piperidine rings is 1. The maximum Gasteiger partial charge on any atom is 0.329 e. The van der Waals surface area contributed by atoms with Gasteiger partial charge in [0, 0.05) is 58.0 Å². The highest BCUT2D eigenvalue weighted by molar-refractivity contribution is 6.03. The molecule has 4 unspecified atom stereocenters. The standard InChI is InChI=1S/C47H62N10O7/c1-30(2)43-36(51-45(59)37-28-64-29-50-37)27-56(53-43)38-13-12-32(23-35(38)34-16-17-48-41(24-34)49-25-31-10-11-31)26-54(3)18-20-63-22-21-62-19-6-8-33-7-5-9-39-44(33)55(4)47(61)57(39)40-14-15-42(58)52-46(40)60/h5,7,9,16-17,24,27-32,35,38,40H,6,8,10-15,18-23,25-26H2,1-4H3,(H,48,49)(H,51,59)(H,52,58,60). The first-order valence-electron chi connectivity index (χ1n) is 22.9. The van der Waals surface area contributed by atoms with Gasteiger partial charge in [0.15, 0.2) is 12.1 Å². The fourth-order valence-corrected chi connectivity index (χ4v) is 9.43. The van der Waals surface area contributed by atoms with E-state index in [1.54, 1.807) is 11.6 Å². The summed E-state index contributed by atoms with van der Waals surface area (Å²) < 4.78 is 22.2. The van der Waals surface area contributed by atoms with Gasteiger partial charge in [0.05, 0.1) is 48.3 Å². The SMILES string of the molecule is CC(C)c1nn(C2CCC(CN(C)CCOCCOCCCc3cccc4c3n(C)c(=O)n4C3CCC(=O)NC3=O)CC2c2ccnc(NCC3CC3)c2)cc1NC(=O)c1cocn1. The average Bonchev–Trinajstić information content (AvgIpc) is 3.63. The normalized spacial score (nSPS) is 20.3. The van der Waals surface area contributed by atoms with E-state index in [0.29, 0.717) is 56.4 Å². The van der Waals surface area contributed by atoms with Crippen LogP contribution in [0.3, 0.4) is 0 Å². The van der Waals surface area contributed by atoms with Crippen LogP contribution >= 0.6 is 0 Å². The number of carbonyl (C=O) groups excluding carboxylic acids is 3. The molecule has 5 heterocycles. The summed E-state index contributed by atoms with van der Waals surface area (Å²) in [6.45, 7) is 9.03. The number of pyridine rings is 1. The van der Waals surface area contributed by atoms with Crippen molar-refractivity contribution in [2.45, 2.75) is 95.6 Å². The molecule has 1 saturated heterocycles. The second kappa shape index (κ2) is 20.5. The van der Waals surface area contributed by atoms with Crippen LogP contribution in [0.5, 0.6) is 0 Å². The Labute approximate surface area is 373 Å². The Hall–Kier alpha value is -5.65. The van der Waals surface area contributed by atoms with Gasteiger partial charge in [-0.3, -0.25) is 33.5 Å². The molecule has 3 N–H and O–H groups in total. The molecular weight excluding hydrogens is 817 g/mol. The predicted octanol–water partition coefficient (Wildman–Crippen LogP) is 5.82. The van der Waals surface area contributed by atoms with Gasteiger partial charge in [0.2, 0.25) is 11.8 Å². The number of nitrogens with one attached hydrogen (secondary N) is 3. The number of rotatable bonds is 21. The molecule has 3 fully saturated rings. The van der Waals surface area contributed by atoms with E-state index >= 15 is 0 Å². The Kier molecular flexibility index (Phi) is 14.4. The molecule has 0 spiro atoms. The van der Waals surface area contributed by atoms with E-state index in [1.165, 1.54) is 35.6 Å². The molecule has 17 heteroatoms. The lowest BCUT2D eigenvalue weighted by Gasteiger charge is -2.38. The van der Waals surface area contributed by atoms with Crippen LogP contribution in [0.2, 0.25) is 0 Å². The summed E-state index contributed by atoms with van der Waals surface area (Å²) in [5.41, 5.74) is 5.25. The van der Waals surface area contributed by atoms with Gasteiger partial charge in [-0.15, -0.1) is 0 Å². The molecule has 17 nitrogen and oxygen atoms in total. The van der Waals surface area contributed by atoms with Gasteiger partial charge in [0.1, 0.15) is 18.1 Å². The molecule has 1 aliphatic heterocycles. The lowest BCUT2D eigenvalue weighted by Crippen LogP contribution is -2.44. The highest BCUT2D eigenvalue weighted by Crippen LogP contribution is 2.45. The first-order valence-corrected chi connectivity index (χ1v) is 22.9. The number of benzene rings is 1. The zero-order chi connectivity index (χ0) is 44.7. The summed E-state index contributed by atoms with van der Waals surface area (Å²) in [6.07, 6.45) is 14.0. The summed E-state index contributed by atoms with van der Waals surface area (Å²) in [5, 5.41) is 14.1. The van der Waals surface area contributed by atoms with E-state index in [0.717, 1.165) is 73.8 Å². The number of aromatic nitrogens is 6. The number of imidazole rings is 1. The molecule has 1 aromatic carbocycles. The van der Waals surface area contributed by atoms with E-state index in [1.807, 2.05) is 30.6 Å². The predicted molar refractivity (Wildman–Crippen MR) is 241 cm³/mol. The topological polar surface area (TPSA) is 193 Å². The highest BCUT2D eigenvalue weighted by atomic mass is 16.5. The Morgan fingerprint density at radius 3 is 2.59 bits per heavy atom. The quantitative estimate of drug-likeness (QED) is 0.0592. The molecule has 3 amide bonds. The first-order chi connectivity index (χ1) is 31.0. The van der Waals surface area contributed by atoms with E-state index in [9.17, 15) is 19.2 Å². The van der Waals surface area contributed by atoms with Crippen molar-refractivity contribution in [3.8, 4) is 0 Å². The molecule has 2 saturated carbocycles. The Morgan fingerprint density at radius 1 is 1.02 bits per heavy atom. The minimum Gasteiger partial charge on any atom is -0.451 e. The van der Waals surface area contributed by atoms with Gasteiger partial charge in [-0.05, 0) is 105 Å². The zero-order valence-electron chi connectivity index (χ0n) is 37.5. The number of hydrogen-bond acceptors (Lipinski definition) is 12. The van der Waals surface area contributed by atoms with Crippen LogP contribution in [0.4, 0.5) is 11.5 Å². The number of oxazole rings is 1. The molecule has 64 heavy (non-hydrogen) atoms. The first kappa shape index (κ1) is 44.9. The third-order valence-electron chi connectivity index (χ3n) is 13.0. The fraction of sp³-hybridized carbons (Fsp3) is 0.553. The van der Waals surface area contributed by atoms with Crippen LogP contribution in [0.1, 0.15) is 116 Å². The minimum absolute atomic E-state index is 0.102. The van der Waals surface area contributed by atoms with E-state index in [2.05, 4.69) is 68.5 Å². The van der Waals surface area contributed by atoms with Crippen molar-refractivity contribution in [3.05, 3.63) is 88.4 Å². The third-order valence-corrected chi connectivity index (χ3v) is 13.0. The molecule has 342 valence electrons. The zero-order valence-corrected chi connectivity index (χ0v) is 37.5. The number of amides is 3. The van der Waals surface area contributed by atoms with Crippen molar-refractivity contribution in [2.24, 2.45) is 18.9 Å². The number of anilines is 2. The van der Waals surface area contributed by atoms with Gasteiger partial charge in [-0.2, -0.15) is 5.10 Å². The number of nitrogens with zero attached hydrogens (tertiary/aromatic N) is 7. The fourth-order valence-electron chi connectivity index (χ4n) is 9.43. The molecule has 2 aliphatic carbocycles. The Morgan fingerprint density at radius 2 is 1.83 bits per heavy atom. The summed E-state index contributed by atoms with van der Waals surface area (Å²) in [5.74, 6) is 1.36. The van der Waals surface area contributed by atoms with E-state index < -0.39 is 11.9 Å². The van der Waals surface area contributed by atoms with Crippen LogP contribution in [-0.4, -0.2) is 105 Å². The number of carbonyl (C=O) groups is 3. The summed E-state index contributed by atoms with van der Waals surface area (Å²) in [7, 11) is 3.89. The van der Waals surface area contributed by atoms with Gasteiger partial charge in [-0.1, -0.05) is 26.0 Å². The van der Waals surface area contributed by atoms with Gasteiger partial charge < -0.3 is 29.4 Å². The minimum atomic E-state index is -0.706. The van der Waals surface area contributed by atoms with E-state index in [-0.39, 0.29) is 47.5 Å². The number of aryl methyl sites for hydroxylation is 2. The lowest BCUT2D eigenvalue weighted by atomic mass is 9.74. The number of para-hydroxylation sites is 1. The molecule has 8 rings (SSSR count). The van der Waals surface area contributed by atoms with Crippen molar-refractivity contribution >= 4 is 40.3 Å². The lowest BCUT2D eigenvalue weighted by molar-refractivity contribution is -0.135. The number of ether oxygens (including phenoxy) is 2. The second-order valence-electron chi connectivity index (χ2n) is 18.1. The molecule has 0 radical (unpaired) electrons. The molecule has 5 aromatic rings. The second-order valence-corrected chi connectivity index (χ2v) is 18.1. The maximum atomic E-state index is 13.3. The van der Waals surface area contributed by atoms with Gasteiger partial charge in [0.25, 0.3) is 5.91 Å². The van der Waals surface area contributed by atoms with Crippen LogP contribution < -0.4 is 21.6 Å². The Bertz CT molecular complexity index is 2450. The maximum absolute atomic E-state index is 13.3. The molecular formula is C47H62N10O7. The van der Waals surface area contributed by atoms with Crippen molar-refractivity contribution in [2.75, 3.05) is 63.7 Å². The van der Waals surface area contributed by atoms with Crippen molar-refractivity contribution in [1.29, 1.82) is 0 Å². The molecule has 4 aromatic heterocycles. The van der Waals surface area contributed by atoms with Crippen molar-refractivity contribution in [3.63, 3.8) is 0 Å². The number of likely N-dealkylation sites (N-methyl/N-ethyl adjacent to an activating group) is 1. The summed E-state index contributed by atoms with van der Waals surface area (Å²) >= 11 is 0. The molecule has 3 aliphatic rings. The van der Waals surface area contributed by atoms with E-state index in [4.69, 9.17) is 19.0 Å². The van der Waals surface area contributed by atoms with Gasteiger partial charge >= 0.3 is 5.69 Å². The molecule has 0 bridgehead atoms. The van der Waals surface area contributed by atoms with Crippen LogP contribution in [0.25, 0.3) is 11.0 Å². The summed E-state index contributed by atoms with van der Waals surface area (Å²) in [6, 6.07) is 9.54. The number of fused-ring (bicyclic) bond motifs is 1. The van der Waals surface area contributed by atoms with Crippen LogP contribution in [0.15, 0.2) is 64.6 Å². The summed E-state index contributed by atoms with van der Waals surface area (Å²) in [4.78, 5) is 61.6. The third kappa shape index (κ3) is 10.6.